The lowest BCUT2D eigenvalue weighted by Crippen LogP contribution is -2.48. The predicted octanol–water partition coefficient (Wildman–Crippen LogP) is -0.924. The maximum Gasteiger partial charge on any atom is 0.404 e. The third kappa shape index (κ3) is 3.61. The molecule has 0 aromatic heterocycles. The van der Waals surface area contributed by atoms with Crippen LogP contribution in [0.3, 0.4) is 0 Å². The Morgan fingerprint density at radius 3 is 3.07 bits per heavy atom. The van der Waals surface area contributed by atoms with Crippen LogP contribution in [0.25, 0.3) is 0 Å². The number of hydrogen-bond donors (Lipinski definition) is 3. The molecule has 1 heterocycles. The molecule has 0 radical (unpaired) electrons. The molecule has 1 aliphatic heterocycles. The maximum absolute atomic E-state index is 11.2. The highest BCUT2D eigenvalue weighted by Crippen LogP contribution is 1.95. The van der Waals surface area contributed by atoms with Gasteiger partial charge in [0.05, 0.1) is 6.54 Å². The van der Waals surface area contributed by atoms with Crippen molar-refractivity contribution in [2.75, 3.05) is 32.7 Å². The van der Waals surface area contributed by atoms with Crippen LogP contribution in [0.2, 0.25) is 0 Å². The number of hydrogen-bond acceptors (Lipinski definition) is 3. The number of carbonyl (C=O) groups is 2. The van der Waals surface area contributed by atoms with Gasteiger partial charge in [-0.1, -0.05) is 0 Å². The molecule has 6 nitrogen and oxygen atoms in total. The third-order valence-corrected chi connectivity index (χ3v) is 2.07. The summed E-state index contributed by atoms with van der Waals surface area (Å²) in [6, 6.07) is 0. The molecule has 0 aromatic carbocycles. The van der Waals surface area contributed by atoms with E-state index in [-0.39, 0.29) is 5.91 Å². The Morgan fingerprint density at radius 2 is 2.43 bits per heavy atom. The molecular weight excluding hydrogens is 186 g/mol. The first-order valence-electron chi connectivity index (χ1n) is 4.65. The van der Waals surface area contributed by atoms with Gasteiger partial charge in [0, 0.05) is 26.2 Å². The Labute approximate surface area is 82.3 Å². The fourth-order valence-electron chi connectivity index (χ4n) is 1.35. The normalized spacial score (nSPS) is 16.9. The van der Waals surface area contributed by atoms with Crippen molar-refractivity contribution in [3.63, 3.8) is 0 Å². The lowest BCUT2D eigenvalue weighted by Gasteiger charge is -2.27. The number of carboxylic acid groups (broad SMARTS) is 1. The average Bonchev–Trinajstić information content (AvgIpc) is 2.15. The van der Waals surface area contributed by atoms with E-state index < -0.39 is 6.09 Å². The Morgan fingerprint density at radius 1 is 1.64 bits per heavy atom. The van der Waals surface area contributed by atoms with Gasteiger partial charge in [0.2, 0.25) is 5.91 Å². The van der Waals surface area contributed by atoms with E-state index in [9.17, 15) is 9.59 Å². The molecule has 3 N–H and O–H groups in total. The Kier molecular flexibility index (Phi) is 4.18. The van der Waals surface area contributed by atoms with Gasteiger partial charge in [0.25, 0.3) is 0 Å². The van der Waals surface area contributed by atoms with E-state index in [0.717, 1.165) is 6.54 Å². The van der Waals surface area contributed by atoms with Crippen LogP contribution in [-0.4, -0.2) is 54.7 Å². The van der Waals surface area contributed by atoms with E-state index in [4.69, 9.17) is 5.11 Å². The van der Waals surface area contributed by atoms with Gasteiger partial charge in [0.1, 0.15) is 0 Å². The van der Waals surface area contributed by atoms with Gasteiger partial charge in [-0.3, -0.25) is 4.79 Å². The molecule has 0 aliphatic carbocycles. The van der Waals surface area contributed by atoms with Crippen LogP contribution in [0.5, 0.6) is 0 Å². The zero-order valence-electron chi connectivity index (χ0n) is 7.95. The summed E-state index contributed by atoms with van der Waals surface area (Å²) >= 11 is 0. The summed E-state index contributed by atoms with van der Waals surface area (Å²) in [5.41, 5.74) is 0. The van der Waals surface area contributed by atoms with Crippen LogP contribution in [0, 0.1) is 0 Å². The van der Waals surface area contributed by atoms with Crippen LogP contribution < -0.4 is 10.6 Å². The van der Waals surface area contributed by atoms with E-state index in [0.29, 0.717) is 32.6 Å². The highest BCUT2D eigenvalue weighted by atomic mass is 16.4. The second kappa shape index (κ2) is 5.43. The second-order valence-corrected chi connectivity index (χ2v) is 3.14. The zero-order chi connectivity index (χ0) is 10.4. The molecule has 1 rings (SSSR count). The van der Waals surface area contributed by atoms with E-state index >= 15 is 0 Å². The van der Waals surface area contributed by atoms with Crippen LogP contribution in [0.1, 0.15) is 6.42 Å². The van der Waals surface area contributed by atoms with Gasteiger partial charge >= 0.3 is 6.09 Å². The Bertz CT molecular complexity index is 220. The largest absolute Gasteiger partial charge is 0.465 e. The van der Waals surface area contributed by atoms with Crippen LogP contribution >= 0.6 is 0 Å². The van der Waals surface area contributed by atoms with Crippen LogP contribution in [0.4, 0.5) is 4.79 Å². The standard InChI is InChI=1S/C8H15N3O3/c12-7-6-9-3-5-11(7)4-1-2-10-8(13)14/h9-10H,1-6H2,(H,13,14). The van der Waals surface area contributed by atoms with Crippen molar-refractivity contribution >= 4 is 12.0 Å². The number of nitrogens with zero attached hydrogens (tertiary/aromatic N) is 1. The molecule has 0 spiro atoms. The molecule has 0 saturated carbocycles. The molecule has 80 valence electrons. The molecule has 0 atom stereocenters. The monoisotopic (exact) mass is 201 g/mol. The van der Waals surface area contributed by atoms with E-state index in [1.54, 1.807) is 4.90 Å². The van der Waals surface area contributed by atoms with Gasteiger partial charge in [-0.2, -0.15) is 0 Å². The van der Waals surface area contributed by atoms with Crippen molar-refractivity contribution in [2.45, 2.75) is 6.42 Å². The smallest absolute Gasteiger partial charge is 0.404 e. The van der Waals surface area contributed by atoms with Crippen molar-refractivity contribution in [3.8, 4) is 0 Å². The third-order valence-electron chi connectivity index (χ3n) is 2.07. The van der Waals surface area contributed by atoms with Crippen molar-refractivity contribution in [1.82, 2.24) is 15.5 Å². The first-order chi connectivity index (χ1) is 6.70. The molecule has 2 amide bonds. The lowest BCUT2D eigenvalue weighted by atomic mass is 10.3. The van der Waals surface area contributed by atoms with Crippen molar-refractivity contribution in [3.05, 3.63) is 0 Å². The number of rotatable bonds is 4. The fourth-order valence-corrected chi connectivity index (χ4v) is 1.35. The molecule has 0 bridgehead atoms. The van der Waals surface area contributed by atoms with Gasteiger partial charge in [-0.15, -0.1) is 0 Å². The number of carbonyl (C=O) groups excluding carboxylic acids is 1. The molecule has 1 saturated heterocycles. The molecule has 1 aliphatic rings. The molecular formula is C8H15N3O3. The van der Waals surface area contributed by atoms with Gasteiger partial charge in [0.15, 0.2) is 0 Å². The van der Waals surface area contributed by atoms with Gasteiger partial charge in [-0.05, 0) is 6.42 Å². The lowest BCUT2D eigenvalue weighted by molar-refractivity contribution is -0.131. The molecule has 14 heavy (non-hydrogen) atoms. The number of amides is 2. The minimum absolute atomic E-state index is 0.0894. The van der Waals surface area contributed by atoms with Crippen molar-refractivity contribution < 1.29 is 14.7 Å². The fraction of sp³-hybridized carbons (Fsp3) is 0.750. The minimum Gasteiger partial charge on any atom is -0.465 e. The maximum atomic E-state index is 11.2. The van der Waals surface area contributed by atoms with E-state index in [1.807, 2.05) is 0 Å². The van der Waals surface area contributed by atoms with Crippen LogP contribution in [0.15, 0.2) is 0 Å². The van der Waals surface area contributed by atoms with E-state index in [1.165, 1.54) is 0 Å². The average molecular weight is 201 g/mol. The molecule has 6 heteroatoms. The first kappa shape index (κ1) is 10.8. The summed E-state index contributed by atoms with van der Waals surface area (Å²) in [7, 11) is 0. The summed E-state index contributed by atoms with van der Waals surface area (Å²) in [5.74, 6) is 0.0894. The summed E-state index contributed by atoms with van der Waals surface area (Å²) in [6.45, 7) is 2.95. The van der Waals surface area contributed by atoms with Crippen molar-refractivity contribution in [1.29, 1.82) is 0 Å². The summed E-state index contributed by atoms with van der Waals surface area (Å²) in [5, 5.41) is 13.5. The highest BCUT2D eigenvalue weighted by Gasteiger charge is 2.16. The molecule has 0 unspecified atom stereocenters. The summed E-state index contributed by atoms with van der Waals surface area (Å²) in [6.07, 6.45) is -0.352. The van der Waals surface area contributed by atoms with Crippen molar-refractivity contribution in [2.24, 2.45) is 0 Å². The van der Waals surface area contributed by atoms with Gasteiger partial charge < -0.3 is 20.6 Å². The Balaban J connectivity index is 2.10. The molecule has 0 aromatic rings. The first-order valence-corrected chi connectivity index (χ1v) is 4.65. The van der Waals surface area contributed by atoms with Gasteiger partial charge in [-0.25, -0.2) is 4.79 Å². The van der Waals surface area contributed by atoms with E-state index in [2.05, 4.69) is 10.6 Å². The SMILES string of the molecule is O=C(O)NCCCN1CCNCC1=O. The Hall–Kier alpha value is -1.30. The topological polar surface area (TPSA) is 81.7 Å². The molecule has 1 fully saturated rings. The summed E-state index contributed by atoms with van der Waals surface area (Å²) in [4.78, 5) is 23.1. The highest BCUT2D eigenvalue weighted by molar-refractivity contribution is 5.78. The zero-order valence-corrected chi connectivity index (χ0v) is 7.95. The second-order valence-electron chi connectivity index (χ2n) is 3.14. The minimum atomic E-state index is -1.02. The number of piperazine rings is 1. The predicted molar refractivity (Wildman–Crippen MR) is 50.1 cm³/mol. The summed E-state index contributed by atoms with van der Waals surface area (Å²) < 4.78 is 0. The quantitative estimate of drug-likeness (QED) is 0.514. The van der Waals surface area contributed by atoms with Crippen LogP contribution in [-0.2, 0) is 4.79 Å². The number of nitrogens with one attached hydrogen (secondary N) is 2.